The van der Waals surface area contributed by atoms with Crippen molar-refractivity contribution in [2.45, 2.75) is 6.42 Å². The van der Waals surface area contributed by atoms with E-state index in [1.54, 1.807) is 11.0 Å². The van der Waals surface area contributed by atoms with Crippen LogP contribution in [0.15, 0.2) is 17.5 Å². The van der Waals surface area contributed by atoms with Gasteiger partial charge in [0.05, 0.1) is 4.88 Å². The summed E-state index contributed by atoms with van der Waals surface area (Å²) in [6, 6.07) is 1.77. The maximum atomic E-state index is 12.5. The van der Waals surface area contributed by atoms with Crippen molar-refractivity contribution in [3.63, 3.8) is 0 Å². The van der Waals surface area contributed by atoms with Crippen LogP contribution in [0.4, 0.5) is 0 Å². The summed E-state index contributed by atoms with van der Waals surface area (Å²) < 4.78 is 0. The Kier molecular flexibility index (Phi) is 5.14. The Hall–Kier alpha value is -1.66. The molecular formula is C15H20N2O3S. The number of hydrogen-bond acceptors (Lipinski definition) is 4. The van der Waals surface area contributed by atoms with Gasteiger partial charge >= 0.3 is 5.97 Å². The predicted octanol–water partition coefficient (Wildman–Crippen LogP) is 1.87. The van der Waals surface area contributed by atoms with Gasteiger partial charge in [-0.3, -0.25) is 4.79 Å². The molecule has 1 atom stereocenters. The maximum absolute atomic E-state index is 12.5. The van der Waals surface area contributed by atoms with E-state index in [4.69, 9.17) is 5.11 Å². The van der Waals surface area contributed by atoms with Crippen LogP contribution in [-0.4, -0.2) is 60.5 Å². The van der Waals surface area contributed by atoms with Gasteiger partial charge in [-0.15, -0.1) is 11.3 Å². The number of rotatable bonds is 5. The van der Waals surface area contributed by atoms with Gasteiger partial charge < -0.3 is 14.9 Å². The van der Waals surface area contributed by atoms with Gasteiger partial charge in [0.15, 0.2) is 0 Å². The molecule has 6 heteroatoms. The van der Waals surface area contributed by atoms with E-state index in [0.717, 1.165) is 32.1 Å². The van der Waals surface area contributed by atoms with Gasteiger partial charge in [0, 0.05) is 26.2 Å². The number of aliphatic carboxylic acids is 1. The molecule has 1 saturated heterocycles. The highest BCUT2D eigenvalue weighted by atomic mass is 32.1. The number of likely N-dealkylation sites (tertiary alicyclic amines) is 1. The molecule has 0 aromatic carbocycles. The predicted molar refractivity (Wildman–Crippen MR) is 83.6 cm³/mol. The minimum atomic E-state index is -1.01. The van der Waals surface area contributed by atoms with Crippen LogP contribution in [0.25, 0.3) is 6.08 Å². The molecule has 1 aliphatic rings. The first kappa shape index (κ1) is 15.7. The zero-order valence-corrected chi connectivity index (χ0v) is 13.1. The Bertz CT molecular complexity index is 553. The fourth-order valence-corrected chi connectivity index (χ4v) is 3.48. The highest BCUT2D eigenvalue weighted by Crippen LogP contribution is 2.22. The Morgan fingerprint density at radius 3 is 2.95 bits per heavy atom. The van der Waals surface area contributed by atoms with Crippen LogP contribution < -0.4 is 0 Å². The average molecular weight is 308 g/mol. The summed E-state index contributed by atoms with van der Waals surface area (Å²) in [6.07, 6.45) is 3.65. The number of carboxylic acids is 1. The standard InChI is InChI=1S/C15H20N2O3S/c1-16-7-5-11(9-16)10-17(2)15(20)14-12(6-8-21-14)3-4-13(18)19/h3-4,6,8,11H,5,7,9-10H2,1-2H3,(H,18,19). The summed E-state index contributed by atoms with van der Waals surface area (Å²) in [6.45, 7) is 2.84. The molecule has 0 radical (unpaired) electrons. The molecule has 5 nitrogen and oxygen atoms in total. The number of amides is 1. The summed E-state index contributed by atoms with van der Waals surface area (Å²) in [4.78, 5) is 27.7. The Morgan fingerprint density at radius 2 is 2.33 bits per heavy atom. The third-order valence-electron chi connectivity index (χ3n) is 3.66. The lowest BCUT2D eigenvalue weighted by Gasteiger charge is -2.21. The smallest absolute Gasteiger partial charge is 0.328 e. The molecule has 1 aromatic rings. The van der Waals surface area contributed by atoms with Crippen molar-refractivity contribution < 1.29 is 14.7 Å². The first-order valence-corrected chi connectivity index (χ1v) is 7.78. The first-order valence-electron chi connectivity index (χ1n) is 6.90. The lowest BCUT2D eigenvalue weighted by atomic mass is 10.1. The van der Waals surface area contributed by atoms with Crippen LogP contribution in [0.3, 0.4) is 0 Å². The molecule has 2 heterocycles. The summed E-state index contributed by atoms with van der Waals surface area (Å²) in [5.41, 5.74) is 0.669. The van der Waals surface area contributed by atoms with Crippen LogP contribution >= 0.6 is 11.3 Å². The third-order valence-corrected chi connectivity index (χ3v) is 4.58. The Balaban J connectivity index is 2.02. The summed E-state index contributed by atoms with van der Waals surface area (Å²) >= 11 is 1.35. The lowest BCUT2D eigenvalue weighted by Crippen LogP contribution is -2.32. The van der Waals surface area contributed by atoms with Crippen molar-refractivity contribution in [3.05, 3.63) is 28.0 Å². The highest BCUT2D eigenvalue weighted by Gasteiger charge is 2.24. The van der Waals surface area contributed by atoms with E-state index in [1.165, 1.54) is 17.4 Å². The molecule has 1 unspecified atom stereocenters. The second kappa shape index (κ2) is 6.87. The lowest BCUT2D eigenvalue weighted by molar-refractivity contribution is -0.131. The minimum absolute atomic E-state index is 0.0374. The summed E-state index contributed by atoms with van der Waals surface area (Å²) in [5.74, 6) is -0.534. The van der Waals surface area contributed by atoms with E-state index in [-0.39, 0.29) is 5.91 Å². The second-order valence-electron chi connectivity index (χ2n) is 5.48. The number of nitrogens with zero attached hydrogens (tertiary/aromatic N) is 2. The zero-order chi connectivity index (χ0) is 15.4. The van der Waals surface area contributed by atoms with E-state index >= 15 is 0 Å². The number of carbonyl (C=O) groups excluding carboxylic acids is 1. The van der Waals surface area contributed by atoms with Gasteiger partial charge in [-0.2, -0.15) is 0 Å². The Morgan fingerprint density at radius 1 is 1.57 bits per heavy atom. The van der Waals surface area contributed by atoms with Crippen molar-refractivity contribution >= 4 is 29.3 Å². The fraction of sp³-hybridized carbons (Fsp3) is 0.467. The van der Waals surface area contributed by atoms with Gasteiger partial charge in [0.25, 0.3) is 5.91 Å². The molecular weight excluding hydrogens is 288 g/mol. The molecule has 0 bridgehead atoms. The highest BCUT2D eigenvalue weighted by molar-refractivity contribution is 7.12. The molecule has 1 amide bonds. The monoisotopic (exact) mass is 308 g/mol. The molecule has 0 aliphatic carbocycles. The van der Waals surface area contributed by atoms with Gasteiger partial charge in [-0.05, 0) is 49.0 Å². The van der Waals surface area contributed by atoms with Crippen molar-refractivity contribution in [2.75, 3.05) is 33.7 Å². The molecule has 1 aliphatic heterocycles. The van der Waals surface area contributed by atoms with Gasteiger partial charge in [0.2, 0.25) is 0 Å². The van der Waals surface area contributed by atoms with E-state index in [2.05, 4.69) is 11.9 Å². The van der Waals surface area contributed by atoms with Crippen LogP contribution in [0.2, 0.25) is 0 Å². The largest absolute Gasteiger partial charge is 0.478 e. The molecule has 1 N–H and O–H groups in total. The maximum Gasteiger partial charge on any atom is 0.328 e. The molecule has 0 saturated carbocycles. The van der Waals surface area contributed by atoms with Crippen LogP contribution in [0.5, 0.6) is 0 Å². The first-order chi connectivity index (χ1) is 9.97. The number of hydrogen-bond donors (Lipinski definition) is 1. The van der Waals surface area contributed by atoms with Crippen LogP contribution in [-0.2, 0) is 4.79 Å². The van der Waals surface area contributed by atoms with E-state index < -0.39 is 5.97 Å². The third kappa shape index (κ3) is 4.15. The van der Waals surface area contributed by atoms with Gasteiger partial charge in [-0.1, -0.05) is 0 Å². The minimum Gasteiger partial charge on any atom is -0.478 e. The normalized spacial score (nSPS) is 19.2. The second-order valence-corrected chi connectivity index (χ2v) is 6.40. The molecule has 114 valence electrons. The number of thiophene rings is 1. The number of carboxylic acid groups (broad SMARTS) is 1. The quantitative estimate of drug-likeness (QED) is 0.844. The number of carbonyl (C=O) groups is 2. The molecule has 1 aromatic heterocycles. The van der Waals surface area contributed by atoms with Crippen molar-refractivity contribution in [1.82, 2.24) is 9.80 Å². The van der Waals surface area contributed by atoms with Gasteiger partial charge in [-0.25, -0.2) is 4.79 Å². The van der Waals surface area contributed by atoms with E-state index in [9.17, 15) is 9.59 Å². The van der Waals surface area contributed by atoms with E-state index in [1.807, 2.05) is 12.4 Å². The van der Waals surface area contributed by atoms with Crippen molar-refractivity contribution in [1.29, 1.82) is 0 Å². The summed E-state index contributed by atoms with van der Waals surface area (Å²) in [7, 11) is 3.90. The summed E-state index contributed by atoms with van der Waals surface area (Å²) in [5, 5.41) is 10.5. The molecule has 21 heavy (non-hydrogen) atoms. The molecule has 0 spiro atoms. The SMILES string of the molecule is CN1CCC(CN(C)C(=O)c2sccc2C=CC(=O)O)C1. The van der Waals surface area contributed by atoms with Crippen molar-refractivity contribution in [3.8, 4) is 0 Å². The fourth-order valence-electron chi connectivity index (χ4n) is 2.60. The zero-order valence-electron chi connectivity index (χ0n) is 12.3. The van der Waals surface area contributed by atoms with E-state index in [0.29, 0.717) is 16.4 Å². The molecule has 2 rings (SSSR count). The Labute approximate surface area is 128 Å². The van der Waals surface area contributed by atoms with Crippen LogP contribution in [0.1, 0.15) is 21.7 Å². The topological polar surface area (TPSA) is 60.9 Å². The molecule has 1 fully saturated rings. The van der Waals surface area contributed by atoms with Gasteiger partial charge in [0.1, 0.15) is 0 Å². The van der Waals surface area contributed by atoms with Crippen LogP contribution in [0, 0.1) is 5.92 Å². The van der Waals surface area contributed by atoms with Crippen molar-refractivity contribution in [2.24, 2.45) is 5.92 Å². The average Bonchev–Trinajstić information content (AvgIpc) is 3.04.